The first-order valence-electron chi connectivity index (χ1n) is 5.47. The van der Waals surface area contributed by atoms with Gasteiger partial charge in [-0.25, -0.2) is 0 Å². The van der Waals surface area contributed by atoms with Crippen LogP contribution in [0.5, 0.6) is 0 Å². The molecule has 0 bridgehead atoms. The third-order valence-corrected chi connectivity index (χ3v) is 3.03. The summed E-state index contributed by atoms with van der Waals surface area (Å²) in [6.07, 6.45) is 1.13. The number of methoxy groups -OCH3 is 1. The summed E-state index contributed by atoms with van der Waals surface area (Å²) in [5.74, 6) is 0.524. The van der Waals surface area contributed by atoms with Crippen LogP contribution < -0.4 is 5.73 Å². The van der Waals surface area contributed by atoms with Crippen LogP contribution in [0.25, 0.3) is 0 Å². The van der Waals surface area contributed by atoms with E-state index in [1.54, 1.807) is 21.0 Å². The van der Waals surface area contributed by atoms with Gasteiger partial charge in [0, 0.05) is 20.2 Å². The fourth-order valence-corrected chi connectivity index (χ4v) is 1.93. The van der Waals surface area contributed by atoms with Crippen molar-refractivity contribution in [1.82, 2.24) is 4.90 Å². The van der Waals surface area contributed by atoms with Gasteiger partial charge in [0.1, 0.15) is 0 Å². The molecule has 1 heterocycles. The minimum absolute atomic E-state index is 0. The van der Waals surface area contributed by atoms with Crippen LogP contribution in [0.4, 0.5) is 0 Å². The molecule has 0 saturated carbocycles. The second-order valence-electron chi connectivity index (χ2n) is 5.01. The molecule has 16 heavy (non-hydrogen) atoms. The number of halogens is 1. The van der Waals surface area contributed by atoms with Crippen molar-refractivity contribution < 1.29 is 9.53 Å². The van der Waals surface area contributed by atoms with Crippen molar-refractivity contribution in [3.05, 3.63) is 0 Å². The van der Waals surface area contributed by atoms with Crippen LogP contribution in [0.1, 0.15) is 27.2 Å². The van der Waals surface area contributed by atoms with Gasteiger partial charge in [-0.1, -0.05) is 6.92 Å². The summed E-state index contributed by atoms with van der Waals surface area (Å²) in [6.45, 7) is 7.10. The van der Waals surface area contributed by atoms with Crippen LogP contribution in [0.15, 0.2) is 0 Å². The molecule has 96 valence electrons. The third-order valence-electron chi connectivity index (χ3n) is 3.03. The second-order valence-corrected chi connectivity index (χ2v) is 5.01. The predicted octanol–water partition coefficient (Wildman–Crippen LogP) is 1.03. The number of nitrogens with two attached hydrogens (primary N) is 1. The number of hydrogen-bond acceptors (Lipinski definition) is 3. The molecule has 0 aromatic carbocycles. The van der Waals surface area contributed by atoms with Crippen LogP contribution in [0.2, 0.25) is 0 Å². The van der Waals surface area contributed by atoms with Crippen molar-refractivity contribution >= 4 is 18.3 Å². The Kier molecular flexibility index (Phi) is 5.73. The van der Waals surface area contributed by atoms with E-state index >= 15 is 0 Å². The number of rotatable bonds is 2. The number of amides is 1. The number of hydrogen-bond donors (Lipinski definition) is 1. The smallest absolute Gasteiger partial charge is 0.242 e. The van der Waals surface area contributed by atoms with Gasteiger partial charge in [-0.2, -0.15) is 0 Å². The lowest BCUT2D eigenvalue weighted by Crippen LogP contribution is -2.56. The molecule has 5 heteroatoms. The van der Waals surface area contributed by atoms with Gasteiger partial charge in [0.2, 0.25) is 5.91 Å². The fraction of sp³-hybridized carbons (Fsp3) is 0.909. The minimum atomic E-state index is -0.779. The molecule has 2 unspecified atom stereocenters. The van der Waals surface area contributed by atoms with Gasteiger partial charge in [-0.3, -0.25) is 4.79 Å². The summed E-state index contributed by atoms with van der Waals surface area (Å²) >= 11 is 0. The van der Waals surface area contributed by atoms with Gasteiger partial charge in [0.15, 0.2) is 0 Å². The summed E-state index contributed by atoms with van der Waals surface area (Å²) in [5.41, 5.74) is 5.02. The molecule has 0 aromatic heterocycles. The highest BCUT2D eigenvalue weighted by Gasteiger charge is 2.33. The SMILES string of the molecule is COC1CN(C(=O)C(C)(C)N)CCC1C.Cl. The first kappa shape index (κ1) is 15.7. The van der Waals surface area contributed by atoms with Crippen molar-refractivity contribution in [2.24, 2.45) is 11.7 Å². The zero-order valence-electron chi connectivity index (χ0n) is 10.5. The Morgan fingerprint density at radius 1 is 1.50 bits per heavy atom. The molecule has 0 spiro atoms. The Labute approximate surface area is 104 Å². The lowest BCUT2D eigenvalue weighted by Gasteiger charge is -2.38. The lowest BCUT2D eigenvalue weighted by molar-refractivity contribution is -0.140. The molecule has 1 fully saturated rings. The van der Waals surface area contributed by atoms with E-state index in [1.165, 1.54) is 0 Å². The zero-order valence-corrected chi connectivity index (χ0v) is 11.3. The number of carbonyl (C=O) groups excluding carboxylic acids is 1. The maximum Gasteiger partial charge on any atom is 0.242 e. The Hall–Kier alpha value is -0.320. The Morgan fingerprint density at radius 2 is 2.06 bits per heavy atom. The summed E-state index contributed by atoms with van der Waals surface area (Å²) in [4.78, 5) is 13.7. The van der Waals surface area contributed by atoms with Crippen molar-refractivity contribution in [2.75, 3.05) is 20.2 Å². The number of ether oxygens (including phenoxy) is 1. The summed E-state index contributed by atoms with van der Waals surface area (Å²) < 4.78 is 5.36. The Bertz CT molecular complexity index is 241. The van der Waals surface area contributed by atoms with Gasteiger partial charge in [0.25, 0.3) is 0 Å². The molecular formula is C11H23ClN2O2. The highest BCUT2D eigenvalue weighted by atomic mass is 35.5. The van der Waals surface area contributed by atoms with Crippen LogP contribution in [-0.4, -0.2) is 42.6 Å². The molecule has 0 aromatic rings. The summed E-state index contributed by atoms with van der Waals surface area (Å²) in [5, 5.41) is 0. The zero-order chi connectivity index (χ0) is 11.6. The normalized spacial score (nSPS) is 26.2. The van der Waals surface area contributed by atoms with E-state index in [-0.39, 0.29) is 24.4 Å². The molecule has 1 aliphatic heterocycles. The maximum atomic E-state index is 11.9. The molecule has 0 radical (unpaired) electrons. The highest BCUT2D eigenvalue weighted by molar-refractivity contribution is 5.85. The van der Waals surface area contributed by atoms with Gasteiger partial charge in [0.05, 0.1) is 11.6 Å². The molecule has 2 atom stereocenters. The molecule has 1 aliphatic rings. The lowest BCUT2D eigenvalue weighted by atomic mass is 9.94. The van der Waals surface area contributed by atoms with E-state index in [9.17, 15) is 4.79 Å². The first-order valence-corrected chi connectivity index (χ1v) is 5.47. The summed E-state index contributed by atoms with van der Waals surface area (Å²) in [6, 6.07) is 0. The topological polar surface area (TPSA) is 55.6 Å². The molecule has 0 aliphatic carbocycles. The average molecular weight is 251 g/mol. The quantitative estimate of drug-likeness (QED) is 0.797. The van der Waals surface area contributed by atoms with Crippen molar-refractivity contribution in [1.29, 1.82) is 0 Å². The van der Waals surface area contributed by atoms with E-state index < -0.39 is 5.54 Å². The van der Waals surface area contributed by atoms with E-state index in [4.69, 9.17) is 10.5 Å². The molecule has 2 N–H and O–H groups in total. The van der Waals surface area contributed by atoms with Crippen molar-refractivity contribution in [3.63, 3.8) is 0 Å². The average Bonchev–Trinajstić information content (AvgIpc) is 2.16. The monoisotopic (exact) mass is 250 g/mol. The van der Waals surface area contributed by atoms with Gasteiger partial charge < -0.3 is 15.4 Å². The van der Waals surface area contributed by atoms with Gasteiger partial charge in [-0.05, 0) is 26.2 Å². The summed E-state index contributed by atoms with van der Waals surface area (Å²) in [7, 11) is 1.70. The van der Waals surface area contributed by atoms with Crippen LogP contribution in [-0.2, 0) is 9.53 Å². The maximum absolute atomic E-state index is 11.9. The fourth-order valence-electron chi connectivity index (χ4n) is 1.93. The molecule has 1 amide bonds. The largest absolute Gasteiger partial charge is 0.379 e. The molecule has 1 saturated heterocycles. The number of piperidine rings is 1. The van der Waals surface area contributed by atoms with E-state index in [1.807, 2.05) is 4.90 Å². The van der Waals surface area contributed by atoms with Crippen LogP contribution in [0.3, 0.4) is 0 Å². The Balaban J connectivity index is 0.00000225. The minimum Gasteiger partial charge on any atom is -0.379 e. The van der Waals surface area contributed by atoms with Gasteiger partial charge in [-0.15, -0.1) is 12.4 Å². The van der Waals surface area contributed by atoms with Crippen LogP contribution >= 0.6 is 12.4 Å². The third kappa shape index (κ3) is 3.61. The van der Waals surface area contributed by atoms with E-state index in [2.05, 4.69) is 6.92 Å². The molecular weight excluding hydrogens is 228 g/mol. The first-order chi connectivity index (χ1) is 6.86. The second kappa shape index (κ2) is 5.84. The van der Waals surface area contributed by atoms with E-state index in [0.29, 0.717) is 12.5 Å². The molecule has 4 nitrogen and oxygen atoms in total. The van der Waals surface area contributed by atoms with Crippen LogP contribution in [0, 0.1) is 5.92 Å². The Morgan fingerprint density at radius 3 is 2.50 bits per heavy atom. The van der Waals surface area contributed by atoms with Crippen molar-refractivity contribution in [3.8, 4) is 0 Å². The van der Waals surface area contributed by atoms with Crippen molar-refractivity contribution in [2.45, 2.75) is 38.8 Å². The predicted molar refractivity (Wildman–Crippen MR) is 66.7 cm³/mol. The highest BCUT2D eigenvalue weighted by Crippen LogP contribution is 2.21. The number of nitrogens with zero attached hydrogens (tertiary/aromatic N) is 1. The standard InChI is InChI=1S/C11H22N2O2.ClH/c1-8-5-6-13(7-9(8)15-4)10(14)11(2,3)12;/h8-9H,5-7,12H2,1-4H3;1H. The van der Waals surface area contributed by atoms with Gasteiger partial charge >= 0.3 is 0 Å². The van der Waals surface area contributed by atoms with E-state index in [0.717, 1.165) is 13.0 Å². The molecule has 1 rings (SSSR count). The number of likely N-dealkylation sites (tertiary alicyclic amines) is 1. The number of carbonyl (C=O) groups is 1.